The summed E-state index contributed by atoms with van der Waals surface area (Å²) in [6, 6.07) is 7.38. The van der Waals surface area contributed by atoms with Crippen molar-refractivity contribution in [3.63, 3.8) is 0 Å². The summed E-state index contributed by atoms with van der Waals surface area (Å²) in [5, 5.41) is 3.77. The van der Waals surface area contributed by atoms with E-state index in [-0.39, 0.29) is 5.54 Å². The van der Waals surface area contributed by atoms with Crippen molar-refractivity contribution in [1.82, 2.24) is 5.32 Å². The fraction of sp³-hybridized carbons (Fsp3) is 0.647. The van der Waals surface area contributed by atoms with E-state index in [4.69, 9.17) is 0 Å². The van der Waals surface area contributed by atoms with Gasteiger partial charge >= 0.3 is 0 Å². The molecule has 2 nitrogen and oxygen atoms in total. The van der Waals surface area contributed by atoms with E-state index in [2.05, 4.69) is 63.0 Å². The van der Waals surface area contributed by atoms with E-state index in [1.54, 1.807) is 0 Å². The molecule has 1 aromatic carbocycles. The zero-order valence-electron chi connectivity index (χ0n) is 13.1. The van der Waals surface area contributed by atoms with Crippen LogP contribution in [-0.2, 0) is 0 Å². The lowest BCUT2D eigenvalue weighted by atomic mass is 9.88. The van der Waals surface area contributed by atoms with Gasteiger partial charge in [0, 0.05) is 30.4 Å². The summed E-state index contributed by atoms with van der Waals surface area (Å²) in [5.41, 5.74) is 4.44. The van der Waals surface area contributed by atoms with E-state index in [0.29, 0.717) is 6.04 Å². The fourth-order valence-corrected chi connectivity index (χ4v) is 3.19. The van der Waals surface area contributed by atoms with Crippen LogP contribution in [0.4, 0.5) is 5.69 Å². The molecule has 0 aromatic heterocycles. The highest BCUT2D eigenvalue weighted by Gasteiger charge is 2.35. The minimum absolute atomic E-state index is 0.282. The van der Waals surface area contributed by atoms with Gasteiger partial charge in [-0.3, -0.25) is 0 Å². The maximum Gasteiger partial charge on any atom is 0.0399 e. The first-order valence-corrected chi connectivity index (χ1v) is 7.60. The quantitative estimate of drug-likeness (QED) is 0.892. The van der Waals surface area contributed by atoms with Crippen molar-refractivity contribution in [3.05, 3.63) is 29.3 Å². The zero-order chi connectivity index (χ0) is 14.0. The largest absolute Gasteiger partial charge is 0.365 e. The van der Waals surface area contributed by atoms with Crippen molar-refractivity contribution in [2.24, 2.45) is 0 Å². The summed E-state index contributed by atoms with van der Waals surface area (Å²) in [5.74, 6) is 0. The van der Waals surface area contributed by atoms with Crippen LogP contribution in [0, 0.1) is 13.8 Å². The summed E-state index contributed by atoms with van der Waals surface area (Å²) >= 11 is 0. The predicted octanol–water partition coefficient (Wildman–Crippen LogP) is 3.66. The third-order valence-electron chi connectivity index (χ3n) is 4.79. The number of piperazine rings is 1. The van der Waals surface area contributed by atoms with Crippen LogP contribution in [0.25, 0.3) is 0 Å². The first kappa shape index (κ1) is 14.4. The number of aryl methyl sites for hydroxylation is 2. The summed E-state index contributed by atoms with van der Waals surface area (Å²) in [6.07, 6.45) is 2.38. The molecular weight excluding hydrogens is 232 g/mol. The molecule has 0 amide bonds. The van der Waals surface area contributed by atoms with E-state index in [1.165, 1.54) is 29.7 Å². The molecule has 0 saturated carbocycles. The molecule has 0 radical (unpaired) electrons. The highest BCUT2D eigenvalue weighted by molar-refractivity contribution is 5.56. The van der Waals surface area contributed by atoms with Crippen molar-refractivity contribution in [2.75, 3.05) is 18.0 Å². The van der Waals surface area contributed by atoms with E-state index >= 15 is 0 Å². The molecule has 1 aliphatic heterocycles. The van der Waals surface area contributed by atoms with Gasteiger partial charge in [0.2, 0.25) is 0 Å². The minimum Gasteiger partial charge on any atom is -0.365 e. The Morgan fingerprint density at radius 2 is 1.95 bits per heavy atom. The molecule has 1 heterocycles. The average Bonchev–Trinajstić information content (AvgIpc) is 2.41. The molecule has 0 bridgehead atoms. The second-order valence-electron chi connectivity index (χ2n) is 6.14. The highest BCUT2D eigenvalue weighted by atomic mass is 15.3. The molecular formula is C17H28N2. The van der Waals surface area contributed by atoms with Crippen LogP contribution in [0.15, 0.2) is 18.2 Å². The molecule has 2 rings (SSSR count). The number of hydrogen-bond acceptors (Lipinski definition) is 2. The Bertz CT molecular complexity index is 435. The lowest BCUT2D eigenvalue weighted by molar-refractivity contribution is 0.253. The third-order valence-corrected chi connectivity index (χ3v) is 4.79. The Morgan fingerprint density at radius 3 is 2.53 bits per heavy atom. The summed E-state index contributed by atoms with van der Waals surface area (Å²) < 4.78 is 0. The Balaban J connectivity index is 2.31. The first-order valence-electron chi connectivity index (χ1n) is 7.60. The van der Waals surface area contributed by atoms with E-state index in [9.17, 15) is 0 Å². The summed E-state index contributed by atoms with van der Waals surface area (Å²) in [7, 11) is 0. The second kappa shape index (κ2) is 5.54. The maximum atomic E-state index is 3.77. The molecule has 1 unspecified atom stereocenters. The smallest absolute Gasteiger partial charge is 0.0399 e. The van der Waals surface area contributed by atoms with Crippen LogP contribution in [0.2, 0.25) is 0 Å². The number of hydrogen-bond donors (Lipinski definition) is 1. The molecule has 0 aliphatic carbocycles. The van der Waals surface area contributed by atoms with Gasteiger partial charge < -0.3 is 10.2 Å². The van der Waals surface area contributed by atoms with Crippen molar-refractivity contribution in [1.29, 1.82) is 0 Å². The fourth-order valence-electron chi connectivity index (χ4n) is 3.19. The second-order valence-corrected chi connectivity index (χ2v) is 6.14. The van der Waals surface area contributed by atoms with Crippen LogP contribution < -0.4 is 10.2 Å². The number of rotatable bonds is 3. The average molecular weight is 260 g/mol. The number of benzene rings is 1. The van der Waals surface area contributed by atoms with Gasteiger partial charge in [0.05, 0.1) is 0 Å². The molecule has 1 aromatic rings. The van der Waals surface area contributed by atoms with Crippen molar-refractivity contribution >= 4 is 5.69 Å². The molecule has 1 N–H and O–H groups in total. The highest BCUT2D eigenvalue weighted by Crippen LogP contribution is 2.30. The molecule has 1 fully saturated rings. The minimum atomic E-state index is 0.282. The van der Waals surface area contributed by atoms with Crippen LogP contribution in [0.3, 0.4) is 0 Å². The van der Waals surface area contributed by atoms with Gasteiger partial charge in [-0.25, -0.2) is 0 Å². The van der Waals surface area contributed by atoms with Gasteiger partial charge in [0.25, 0.3) is 0 Å². The molecule has 1 atom stereocenters. The molecule has 0 spiro atoms. The van der Waals surface area contributed by atoms with E-state index in [1.807, 2.05) is 0 Å². The van der Waals surface area contributed by atoms with Crippen LogP contribution in [0.5, 0.6) is 0 Å². The van der Waals surface area contributed by atoms with Crippen molar-refractivity contribution in [2.45, 2.75) is 59.0 Å². The van der Waals surface area contributed by atoms with E-state index in [0.717, 1.165) is 13.1 Å². The SMILES string of the molecule is CCC1(CC)CN(c2ccc(C)cc2C)C(C)CN1. The Hall–Kier alpha value is -1.02. The third kappa shape index (κ3) is 2.79. The molecule has 2 heteroatoms. The standard InChI is InChI=1S/C17H28N2/c1-6-17(7-2)12-19(15(5)11-18-17)16-9-8-13(3)10-14(16)4/h8-10,15,18H,6-7,11-12H2,1-5H3. The normalized spacial score (nSPS) is 22.6. The van der Waals surface area contributed by atoms with Crippen LogP contribution in [0.1, 0.15) is 44.7 Å². The monoisotopic (exact) mass is 260 g/mol. The Morgan fingerprint density at radius 1 is 1.26 bits per heavy atom. The zero-order valence-corrected chi connectivity index (χ0v) is 13.1. The lowest BCUT2D eigenvalue weighted by Crippen LogP contribution is -2.63. The van der Waals surface area contributed by atoms with Gasteiger partial charge in [0.1, 0.15) is 0 Å². The van der Waals surface area contributed by atoms with Gasteiger partial charge in [-0.1, -0.05) is 31.5 Å². The predicted molar refractivity (Wildman–Crippen MR) is 84.0 cm³/mol. The van der Waals surface area contributed by atoms with Gasteiger partial charge in [-0.05, 0) is 45.2 Å². The van der Waals surface area contributed by atoms with Crippen molar-refractivity contribution < 1.29 is 0 Å². The van der Waals surface area contributed by atoms with Crippen molar-refractivity contribution in [3.8, 4) is 0 Å². The summed E-state index contributed by atoms with van der Waals surface area (Å²) in [4.78, 5) is 2.60. The van der Waals surface area contributed by atoms with E-state index < -0.39 is 0 Å². The number of anilines is 1. The number of nitrogens with zero attached hydrogens (tertiary/aromatic N) is 1. The van der Waals surface area contributed by atoms with Crippen LogP contribution >= 0.6 is 0 Å². The Labute approximate surface area is 118 Å². The molecule has 106 valence electrons. The molecule has 1 saturated heterocycles. The topological polar surface area (TPSA) is 15.3 Å². The number of nitrogens with one attached hydrogen (secondary N) is 1. The maximum absolute atomic E-state index is 3.77. The molecule has 19 heavy (non-hydrogen) atoms. The van der Waals surface area contributed by atoms with Gasteiger partial charge in [-0.15, -0.1) is 0 Å². The van der Waals surface area contributed by atoms with Gasteiger partial charge in [-0.2, -0.15) is 0 Å². The first-order chi connectivity index (χ1) is 9.01. The summed E-state index contributed by atoms with van der Waals surface area (Å²) in [6.45, 7) is 13.5. The van der Waals surface area contributed by atoms with Crippen LogP contribution in [-0.4, -0.2) is 24.7 Å². The Kier molecular flexibility index (Phi) is 4.19. The van der Waals surface area contributed by atoms with Gasteiger partial charge in [0.15, 0.2) is 0 Å². The molecule has 1 aliphatic rings. The lowest BCUT2D eigenvalue weighted by Gasteiger charge is -2.48.